The average molecular weight is 260 g/mol. The SMILES string of the molecule is Cn1c(N)c(NCCc2ccccc2)c(=O)[nH]c1=O. The molecule has 0 spiro atoms. The van der Waals surface area contributed by atoms with Crippen molar-refractivity contribution >= 4 is 11.5 Å². The van der Waals surface area contributed by atoms with E-state index in [1.807, 2.05) is 30.3 Å². The summed E-state index contributed by atoms with van der Waals surface area (Å²) in [5, 5.41) is 2.97. The Morgan fingerprint density at radius 3 is 2.63 bits per heavy atom. The number of H-pyrrole nitrogens is 1. The summed E-state index contributed by atoms with van der Waals surface area (Å²) in [7, 11) is 1.51. The van der Waals surface area contributed by atoms with Crippen LogP contribution >= 0.6 is 0 Å². The standard InChI is InChI=1S/C13H16N4O2/c1-17-11(14)10(12(18)16-13(17)19)15-8-7-9-5-3-2-4-6-9/h2-6,15H,7-8,14H2,1H3,(H,16,18,19). The summed E-state index contributed by atoms with van der Waals surface area (Å²) in [5.41, 5.74) is 6.13. The lowest BCUT2D eigenvalue weighted by Crippen LogP contribution is -2.32. The van der Waals surface area contributed by atoms with E-state index in [4.69, 9.17) is 5.73 Å². The molecular formula is C13H16N4O2. The molecule has 0 saturated heterocycles. The number of rotatable bonds is 4. The van der Waals surface area contributed by atoms with Gasteiger partial charge < -0.3 is 11.1 Å². The fourth-order valence-electron chi connectivity index (χ4n) is 1.78. The molecule has 0 aliphatic heterocycles. The molecule has 0 fully saturated rings. The van der Waals surface area contributed by atoms with E-state index >= 15 is 0 Å². The Balaban J connectivity index is 2.11. The first kappa shape index (κ1) is 12.9. The number of hydrogen-bond acceptors (Lipinski definition) is 4. The van der Waals surface area contributed by atoms with Crippen molar-refractivity contribution in [2.45, 2.75) is 6.42 Å². The highest BCUT2D eigenvalue weighted by molar-refractivity contribution is 5.60. The minimum Gasteiger partial charge on any atom is -0.383 e. The third-order valence-corrected chi connectivity index (χ3v) is 2.93. The highest BCUT2D eigenvalue weighted by Gasteiger charge is 2.08. The van der Waals surface area contributed by atoms with Crippen LogP contribution in [0.1, 0.15) is 5.56 Å². The van der Waals surface area contributed by atoms with E-state index < -0.39 is 11.2 Å². The van der Waals surface area contributed by atoms with Gasteiger partial charge in [0.25, 0.3) is 5.56 Å². The first-order valence-electron chi connectivity index (χ1n) is 5.96. The number of hydrogen-bond donors (Lipinski definition) is 3. The van der Waals surface area contributed by atoms with Crippen molar-refractivity contribution in [3.8, 4) is 0 Å². The molecule has 1 heterocycles. The lowest BCUT2D eigenvalue weighted by molar-refractivity contribution is 0.812. The van der Waals surface area contributed by atoms with Crippen LogP contribution in [-0.2, 0) is 13.5 Å². The maximum atomic E-state index is 11.6. The van der Waals surface area contributed by atoms with E-state index in [0.29, 0.717) is 6.54 Å². The maximum Gasteiger partial charge on any atom is 0.329 e. The van der Waals surface area contributed by atoms with Crippen molar-refractivity contribution in [2.75, 3.05) is 17.6 Å². The van der Waals surface area contributed by atoms with E-state index in [-0.39, 0.29) is 11.5 Å². The summed E-state index contributed by atoms with van der Waals surface area (Å²) in [6.07, 6.45) is 0.766. The van der Waals surface area contributed by atoms with Crippen LogP contribution in [0.25, 0.3) is 0 Å². The number of nitrogens with zero attached hydrogens (tertiary/aromatic N) is 1. The third-order valence-electron chi connectivity index (χ3n) is 2.93. The summed E-state index contributed by atoms with van der Waals surface area (Å²) in [4.78, 5) is 25.2. The molecule has 0 radical (unpaired) electrons. The van der Waals surface area contributed by atoms with Crippen LogP contribution in [0.4, 0.5) is 11.5 Å². The number of nitrogen functional groups attached to an aromatic ring is 1. The molecule has 0 unspecified atom stereocenters. The Morgan fingerprint density at radius 1 is 1.26 bits per heavy atom. The van der Waals surface area contributed by atoms with E-state index in [9.17, 15) is 9.59 Å². The largest absolute Gasteiger partial charge is 0.383 e. The van der Waals surface area contributed by atoms with Gasteiger partial charge in [-0.3, -0.25) is 14.3 Å². The highest BCUT2D eigenvalue weighted by Crippen LogP contribution is 2.08. The lowest BCUT2D eigenvalue weighted by Gasteiger charge is -2.10. The van der Waals surface area contributed by atoms with Gasteiger partial charge in [-0.1, -0.05) is 30.3 Å². The van der Waals surface area contributed by atoms with Gasteiger partial charge in [0.15, 0.2) is 0 Å². The summed E-state index contributed by atoms with van der Waals surface area (Å²) in [5.74, 6) is 0.141. The molecule has 0 saturated carbocycles. The van der Waals surface area contributed by atoms with Crippen molar-refractivity contribution < 1.29 is 0 Å². The zero-order valence-corrected chi connectivity index (χ0v) is 10.6. The Labute approximate surface area is 109 Å². The van der Waals surface area contributed by atoms with Crippen molar-refractivity contribution in [1.82, 2.24) is 9.55 Å². The molecule has 1 aromatic heterocycles. The van der Waals surface area contributed by atoms with Crippen LogP contribution in [0.3, 0.4) is 0 Å². The second-order valence-corrected chi connectivity index (χ2v) is 4.24. The molecule has 4 N–H and O–H groups in total. The predicted octanol–water partition coefficient (Wildman–Crippen LogP) is 0.310. The van der Waals surface area contributed by atoms with Crippen LogP contribution in [0.15, 0.2) is 39.9 Å². The van der Waals surface area contributed by atoms with Gasteiger partial charge in [0, 0.05) is 13.6 Å². The molecule has 1 aromatic carbocycles. The van der Waals surface area contributed by atoms with Crippen LogP contribution < -0.4 is 22.3 Å². The monoisotopic (exact) mass is 260 g/mol. The van der Waals surface area contributed by atoms with E-state index in [0.717, 1.165) is 12.0 Å². The molecule has 6 nitrogen and oxygen atoms in total. The van der Waals surface area contributed by atoms with Gasteiger partial charge in [-0.2, -0.15) is 0 Å². The number of aromatic nitrogens is 2. The number of anilines is 2. The fourth-order valence-corrected chi connectivity index (χ4v) is 1.78. The van der Waals surface area contributed by atoms with Gasteiger partial charge >= 0.3 is 5.69 Å². The summed E-state index contributed by atoms with van der Waals surface area (Å²) in [6, 6.07) is 9.89. The maximum absolute atomic E-state index is 11.6. The molecule has 0 amide bonds. The highest BCUT2D eigenvalue weighted by atomic mass is 16.2. The van der Waals surface area contributed by atoms with Gasteiger partial charge in [-0.05, 0) is 12.0 Å². The van der Waals surface area contributed by atoms with Gasteiger partial charge in [-0.25, -0.2) is 4.79 Å². The molecule has 0 aliphatic rings. The minimum absolute atomic E-state index is 0.141. The molecule has 2 rings (SSSR count). The summed E-state index contributed by atoms with van der Waals surface area (Å²) < 4.78 is 1.20. The van der Waals surface area contributed by atoms with Gasteiger partial charge in [0.2, 0.25) is 0 Å². The van der Waals surface area contributed by atoms with Gasteiger partial charge in [0.1, 0.15) is 11.5 Å². The van der Waals surface area contributed by atoms with Gasteiger partial charge in [-0.15, -0.1) is 0 Å². The Morgan fingerprint density at radius 2 is 1.95 bits per heavy atom. The normalized spacial score (nSPS) is 10.4. The molecular weight excluding hydrogens is 244 g/mol. The first-order chi connectivity index (χ1) is 9.09. The fraction of sp³-hybridized carbons (Fsp3) is 0.231. The second kappa shape index (κ2) is 5.43. The topological polar surface area (TPSA) is 92.9 Å². The second-order valence-electron chi connectivity index (χ2n) is 4.24. The Hall–Kier alpha value is -2.50. The van der Waals surface area contributed by atoms with Crippen molar-refractivity contribution in [2.24, 2.45) is 7.05 Å². The average Bonchev–Trinajstić information content (AvgIpc) is 2.41. The number of nitrogens with one attached hydrogen (secondary N) is 2. The number of aromatic amines is 1. The predicted molar refractivity (Wildman–Crippen MR) is 75.4 cm³/mol. The first-order valence-corrected chi connectivity index (χ1v) is 5.96. The molecule has 19 heavy (non-hydrogen) atoms. The smallest absolute Gasteiger partial charge is 0.329 e. The van der Waals surface area contributed by atoms with Gasteiger partial charge in [0.05, 0.1) is 0 Å². The zero-order chi connectivity index (χ0) is 13.8. The molecule has 2 aromatic rings. The molecule has 0 aliphatic carbocycles. The quantitative estimate of drug-likeness (QED) is 0.737. The Kier molecular flexibility index (Phi) is 3.70. The Bertz CT molecular complexity index is 673. The van der Waals surface area contributed by atoms with Crippen molar-refractivity contribution in [3.05, 3.63) is 56.7 Å². The third kappa shape index (κ3) is 2.85. The summed E-state index contributed by atoms with van der Waals surface area (Å²) >= 11 is 0. The molecule has 6 heteroatoms. The van der Waals surface area contributed by atoms with Crippen LogP contribution in [-0.4, -0.2) is 16.1 Å². The number of benzene rings is 1. The zero-order valence-electron chi connectivity index (χ0n) is 10.6. The molecule has 0 bridgehead atoms. The summed E-state index contributed by atoms with van der Waals surface area (Å²) in [6.45, 7) is 0.565. The van der Waals surface area contributed by atoms with Crippen LogP contribution in [0, 0.1) is 0 Å². The van der Waals surface area contributed by atoms with E-state index in [1.54, 1.807) is 0 Å². The van der Waals surface area contributed by atoms with E-state index in [2.05, 4.69) is 10.3 Å². The minimum atomic E-state index is -0.517. The van der Waals surface area contributed by atoms with Crippen LogP contribution in [0.5, 0.6) is 0 Å². The number of nitrogens with two attached hydrogens (primary N) is 1. The van der Waals surface area contributed by atoms with Crippen molar-refractivity contribution in [1.29, 1.82) is 0 Å². The lowest BCUT2D eigenvalue weighted by atomic mass is 10.1. The molecule has 0 atom stereocenters. The van der Waals surface area contributed by atoms with E-state index in [1.165, 1.54) is 11.6 Å². The van der Waals surface area contributed by atoms with Crippen molar-refractivity contribution in [3.63, 3.8) is 0 Å². The molecule has 100 valence electrons. The van der Waals surface area contributed by atoms with Crippen LogP contribution in [0.2, 0.25) is 0 Å².